The summed E-state index contributed by atoms with van der Waals surface area (Å²) in [5, 5.41) is 2.87. The monoisotopic (exact) mass is 412 g/mol. The number of hydrogen-bond donors (Lipinski definition) is 1. The highest BCUT2D eigenvalue weighted by Crippen LogP contribution is 2.22. The number of nitrogens with one attached hydrogen (secondary N) is 1. The van der Waals surface area contributed by atoms with Crippen molar-refractivity contribution < 1.29 is 9.59 Å². The van der Waals surface area contributed by atoms with Crippen LogP contribution in [0.25, 0.3) is 0 Å². The van der Waals surface area contributed by atoms with Crippen molar-refractivity contribution in [3.8, 4) is 0 Å². The van der Waals surface area contributed by atoms with Crippen molar-refractivity contribution in [1.82, 2.24) is 4.90 Å². The van der Waals surface area contributed by atoms with Crippen molar-refractivity contribution in [1.29, 1.82) is 0 Å². The zero-order valence-corrected chi connectivity index (χ0v) is 16.7. The number of amides is 2. The standard InChI is InChI=1S/C18H25BrN2O2S/c1-13-10-14(8-9-16(13)19)20-17(22)11-24-12-18(23)21(2)15-6-4-3-5-7-15/h8-10,15H,3-7,11-12H2,1-2H3,(H,20,22). The van der Waals surface area contributed by atoms with Gasteiger partial charge in [-0.15, -0.1) is 11.8 Å². The molecule has 4 nitrogen and oxygen atoms in total. The Hall–Kier alpha value is -1.01. The smallest absolute Gasteiger partial charge is 0.234 e. The van der Waals surface area contributed by atoms with Gasteiger partial charge in [0.2, 0.25) is 11.8 Å². The van der Waals surface area contributed by atoms with Crippen molar-refractivity contribution in [2.45, 2.75) is 45.1 Å². The third-order valence-corrected chi connectivity index (χ3v) is 6.22. The average Bonchev–Trinajstić information content (AvgIpc) is 2.58. The Balaban J connectivity index is 1.71. The average molecular weight is 413 g/mol. The zero-order valence-electron chi connectivity index (χ0n) is 14.3. The largest absolute Gasteiger partial charge is 0.342 e. The molecule has 2 rings (SSSR count). The molecule has 1 saturated carbocycles. The molecule has 0 radical (unpaired) electrons. The molecule has 0 spiro atoms. The van der Waals surface area contributed by atoms with E-state index in [1.54, 1.807) is 0 Å². The summed E-state index contributed by atoms with van der Waals surface area (Å²) >= 11 is 4.82. The lowest BCUT2D eigenvalue weighted by molar-refractivity contribution is -0.129. The Labute approximate surface area is 156 Å². The lowest BCUT2D eigenvalue weighted by atomic mass is 9.94. The van der Waals surface area contributed by atoms with Gasteiger partial charge in [-0.1, -0.05) is 35.2 Å². The number of hydrogen-bond acceptors (Lipinski definition) is 3. The number of halogens is 1. The van der Waals surface area contributed by atoms with Crippen LogP contribution in [0.4, 0.5) is 5.69 Å². The third kappa shape index (κ3) is 5.81. The fourth-order valence-electron chi connectivity index (χ4n) is 2.92. The molecule has 1 aromatic carbocycles. The predicted octanol–water partition coefficient (Wildman–Crippen LogP) is 4.22. The lowest BCUT2D eigenvalue weighted by Gasteiger charge is -2.31. The van der Waals surface area contributed by atoms with Gasteiger partial charge >= 0.3 is 0 Å². The summed E-state index contributed by atoms with van der Waals surface area (Å²) in [5.41, 5.74) is 1.86. The fourth-order valence-corrected chi connectivity index (χ4v) is 3.91. The van der Waals surface area contributed by atoms with Gasteiger partial charge < -0.3 is 10.2 Å². The van der Waals surface area contributed by atoms with E-state index in [1.165, 1.54) is 31.0 Å². The third-order valence-electron chi connectivity index (χ3n) is 4.42. The highest BCUT2D eigenvalue weighted by molar-refractivity contribution is 9.10. The molecule has 0 heterocycles. The van der Waals surface area contributed by atoms with Crippen molar-refractivity contribution in [2.75, 3.05) is 23.9 Å². The highest BCUT2D eigenvalue weighted by Gasteiger charge is 2.21. The Morgan fingerprint density at radius 3 is 2.62 bits per heavy atom. The number of nitrogens with zero attached hydrogens (tertiary/aromatic N) is 1. The van der Waals surface area contributed by atoms with Gasteiger partial charge in [-0.3, -0.25) is 9.59 Å². The minimum absolute atomic E-state index is 0.0742. The molecule has 0 aliphatic heterocycles. The maximum atomic E-state index is 12.2. The second-order valence-corrected chi connectivity index (χ2v) is 8.14. The summed E-state index contributed by atoms with van der Waals surface area (Å²) in [4.78, 5) is 26.1. The molecule has 6 heteroatoms. The number of benzene rings is 1. The first-order chi connectivity index (χ1) is 11.5. The SMILES string of the molecule is Cc1cc(NC(=O)CSCC(=O)N(C)C2CCCCC2)ccc1Br. The molecule has 1 fully saturated rings. The first-order valence-corrected chi connectivity index (χ1v) is 10.3. The van der Waals surface area contributed by atoms with Crippen molar-refractivity contribution in [3.05, 3.63) is 28.2 Å². The maximum Gasteiger partial charge on any atom is 0.234 e. The van der Waals surface area contributed by atoms with Crippen molar-refractivity contribution >= 4 is 45.2 Å². The molecular weight excluding hydrogens is 388 g/mol. The summed E-state index contributed by atoms with van der Waals surface area (Å²) < 4.78 is 1.02. The summed E-state index contributed by atoms with van der Waals surface area (Å²) in [5.74, 6) is 0.702. The first kappa shape index (κ1) is 19.3. The summed E-state index contributed by atoms with van der Waals surface area (Å²) in [6.45, 7) is 1.98. The van der Waals surface area contributed by atoms with E-state index in [4.69, 9.17) is 0 Å². The summed E-state index contributed by atoms with van der Waals surface area (Å²) in [6, 6.07) is 6.09. The van der Waals surface area contributed by atoms with E-state index >= 15 is 0 Å². The van der Waals surface area contributed by atoms with E-state index in [-0.39, 0.29) is 11.8 Å². The van der Waals surface area contributed by atoms with Gasteiger partial charge in [0.25, 0.3) is 0 Å². The molecule has 132 valence electrons. The number of rotatable bonds is 6. The maximum absolute atomic E-state index is 12.2. The van der Waals surface area contributed by atoms with Gasteiger partial charge in [-0.2, -0.15) is 0 Å². The molecule has 1 aromatic rings. The topological polar surface area (TPSA) is 49.4 Å². The predicted molar refractivity (Wildman–Crippen MR) is 104 cm³/mol. The van der Waals surface area contributed by atoms with E-state index < -0.39 is 0 Å². The molecule has 1 aliphatic rings. The Morgan fingerprint density at radius 1 is 1.25 bits per heavy atom. The highest BCUT2D eigenvalue weighted by atomic mass is 79.9. The van der Waals surface area contributed by atoms with Crippen LogP contribution in [-0.4, -0.2) is 41.3 Å². The molecule has 0 unspecified atom stereocenters. The second kappa shape index (κ2) is 9.47. The van der Waals surface area contributed by atoms with Gasteiger partial charge in [-0.05, 0) is 43.5 Å². The number of thioether (sulfide) groups is 1. The minimum atomic E-state index is -0.0742. The number of aryl methyl sites for hydroxylation is 1. The van der Waals surface area contributed by atoms with E-state index in [0.29, 0.717) is 17.5 Å². The first-order valence-electron chi connectivity index (χ1n) is 8.37. The molecular formula is C18H25BrN2O2S. The van der Waals surface area contributed by atoms with Gasteiger partial charge in [-0.25, -0.2) is 0 Å². The summed E-state index contributed by atoms with van der Waals surface area (Å²) in [6.07, 6.45) is 5.92. The number of anilines is 1. The molecule has 2 amide bonds. The minimum Gasteiger partial charge on any atom is -0.342 e. The Kier molecular flexibility index (Phi) is 7.62. The van der Waals surface area contributed by atoms with E-state index in [9.17, 15) is 9.59 Å². The molecule has 0 atom stereocenters. The van der Waals surface area contributed by atoms with Crippen LogP contribution in [0.1, 0.15) is 37.7 Å². The van der Waals surface area contributed by atoms with Gasteiger partial charge in [0.1, 0.15) is 0 Å². The second-order valence-electron chi connectivity index (χ2n) is 6.30. The Bertz CT molecular complexity index is 588. The molecule has 0 saturated heterocycles. The van der Waals surface area contributed by atoms with Crippen LogP contribution >= 0.6 is 27.7 Å². The molecule has 1 N–H and O–H groups in total. The Morgan fingerprint density at radius 2 is 1.96 bits per heavy atom. The van der Waals surface area contributed by atoms with Crippen LogP contribution in [0.2, 0.25) is 0 Å². The van der Waals surface area contributed by atoms with Crippen molar-refractivity contribution in [2.24, 2.45) is 0 Å². The van der Waals surface area contributed by atoms with Crippen LogP contribution in [0, 0.1) is 6.92 Å². The number of carbonyl (C=O) groups excluding carboxylic acids is 2. The molecule has 0 bridgehead atoms. The molecule has 1 aliphatic carbocycles. The normalized spacial score (nSPS) is 15.1. The van der Waals surface area contributed by atoms with Crippen LogP contribution < -0.4 is 5.32 Å². The summed E-state index contributed by atoms with van der Waals surface area (Å²) in [7, 11) is 1.89. The van der Waals surface area contributed by atoms with E-state index in [1.807, 2.05) is 37.1 Å². The number of carbonyl (C=O) groups is 2. The van der Waals surface area contributed by atoms with Crippen LogP contribution in [0.5, 0.6) is 0 Å². The van der Waals surface area contributed by atoms with Crippen LogP contribution in [0.3, 0.4) is 0 Å². The molecule has 0 aromatic heterocycles. The van der Waals surface area contributed by atoms with E-state index in [2.05, 4.69) is 21.2 Å². The molecule has 24 heavy (non-hydrogen) atoms. The van der Waals surface area contributed by atoms with E-state index in [0.717, 1.165) is 28.6 Å². The van der Waals surface area contributed by atoms with Gasteiger partial charge in [0.05, 0.1) is 11.5 Å². The van der Waals surface area contributed by atoms with Crippen LogP contribution in [-0.2, 0) is 9.59 Å². The lowest BCUT2D eigenvalue weighted by Crippen LogP contribution is -2.39. The van der Waals surface area contributed by atoms with Gasteiger partial charge in [0, 0.05) is 23.2 Å². The van der Waals surface area contributed by atoms with Crippen molar-refractivity contribution in [3.63, 3.8) is 0 Å². The van der Waals surface area contributed by atoms with Gasteiger partial charge in [0.15, 0.2) is 0 Å². The zero-order chi connectivity index (χ0) is 17.5. The van der Waals surface area contributed by atoms with Crippen LogP contribution in [0.15, 0.2) is 22.7 Å². The fraction of sp³-hybridized carbons (Fsp3) is 0.556. The quantitative estimate of drug-likeness (QED) is 0.760.